The van der Waals surface area contributed by atoms with E-state index in [0.29, 0.717) is 5.16 Å². The highest BCUT2D eigenvalue weighted by Gasteiger charge is 2.16. The Kier molecular flexibility index (Phi) is 7.67. The van der Waals surface area contributed by atoms with Crippen molar-refractivity contribution in [3.8, 4) is 0 Å². The number of halogens is 1. The van der Waals surface area contributed by atoms with Gasteiger partial charge in [-0.25, -0.2) is 0 Å². The first-order valence-electron chi connectivity index (χ1n) is 7.22. The zero-order chi connectivity index (χ0) is 14.1. The smallest absolute Gasteiger partial charge is 0.155 e. The Morgan fingerprint density at radius 1 is 1.26 bits per heavy atom. The molecule has 0 fully saturated rings. The SMILES string of the molecule is CCCCN(CCCC)C1=NN(NCC)NC(Cl)=C1. The van der Waals surface area contributed by atoms with Gasteiger partial charge < -0.3 is 4.90 Å². The molecule has 5 nitrogen and oxygen atoms in total. The first-order valence-corrected chi connectivity index (χ1v) is 7.60. The van der Waals surface area contributed by atoms with Crippen molar-refractivity contribution < 1.29 is 0 Å². The van der Waals surface area contributed by atoms with E-state index in [1.54, 1.807) is 5.23 Å². The molecular formula is C13H26ClN5. The molecule has 1 rings (SSSR count). The summed E-state index contributed by atoms with van der Waals surface area (Å²) >= 11 is 6.11. The van der Waals surface area contributed by atoms with Crippen molar-refractivity contribution in [2.45, 2.75) is 46.5 Å². The van der Waals surface area contributed by atoms with Gasteiger partial charge in [0.25, 0.3) is 0 Å². The van der Waals surface area contributed by atoms with Crippen LogP contribution in [0.5, 0.6) is 0 Å². The lowest BCUT2D eigenvalue weighted by molar-refractivity contribution is 0.141. The standard InChI is InChI=1S/C13H26ClN5/c1-4-7-9-18(10-8-5-2)13-11-12(14)16-19(17-13)15-6-3/h11,15-16H,4-10H2,1-3H3. The van der Waals surface area contributed by atoms with E-state index in [1.807, 2.05) is 13.0 Å². The van der Waals surface area contributed by atoms with Crippen LogP contribution in [0.4, 0.5) is 0 Å². The quantitative estimate of drug-likeness (QED) is 0.674. The topological polar surface area (TPSA) is 42.9 Å². The fourth-order valence-electron chi connectivity index (χ4n) is 1.82. The van der Waals surface area contributed by atoms with E-state index in [2.05, 4.69) is 34.7 Å². The molecule has 0 saturated carbocycles. The largest absolute Gasteiger partial charge is 0.355 e. The van der Waals surface area contributed by atoms with Crippen LogP contribution < -0.4 is 10.9 Å². The molecule has 0 saturated heterocycles. The summed E-state index contributed by atoms with van der Waals surface area (Å²) in [4.78, 5) is 2.31. The molecule has 110 valence electrons. The fourth-order valence-corrected chi connectivity index (χ4v) is 2.00. The molecule has 0 aromatic heterocycles. The van der Waals surface area contributed by atoms with Crippen molar-refractivity contribution in [3.05, 3.63) is 11.2 Å². The number of hydrazine groups is 2. The van der Waals surface area contributed by atoms with Gasteiger partial charge >= 0.3 is 0 Å². The van der Waals surface area contributed by atoms with Crippen molar-refractivity contribution in [3.63, 3.8) is 0 Å². The van der Waals surface area contributed by atoms with E-state index in [9.17, 15) is 0 Å². The minimum atomic E-state index is 0.587. The summed E-state index contributed by atoms with van der Waals surface area (Å²) in [6, 6.07) is 0. The fraction of sp³-hybridized carbons (Fsp3) is 0.769. The molecule has 0 aromatic carbocycles. The van der Waals surface area contributed by atoms with E-state index in [4.69, 9.17) is 11.6 Å². The second-order valence-electron chi connectivity index (χ2n) is 4.58. The van der Waals surface area contributed by atoms with Crippen LogP contribution in [-0.4, -0.2) is 35.6 Å². The van der Waals surface area contributed by atoms with Crippen molar-refractivity contribution in [1.82, 2.24) is 21.0 Å². The number of rotatable bonds is 8. The molecule has 0 amide bonds. The first-order chi connectivity index (χ1) is 9.21. The molecule has 1 aliphatic rings. The number of nitrogens with one attached hydrogen (secondary N) is 2. The van der Waals surface area contributed by atoms with Crippen LogP contribution in [0, 0.1) is 0 Å². The van der Waals surface area contributed by atoms with Crippen LogP contribution in [0.25, 0.3) is 0 Å². The van der Waals surface area contributed by atoms with Gasteiger partial charge in [0.2, 0.25) is 0 Å². The summed E-state index contributed by atoms with van der Waals surface area (Å²) in [7, 11) is 0. The van der Waals surface area contributed by atoms with Gasteiger partial charge in [0.15, 0.2) is 5.84 Å². The van der Waals surface area contributed by atoms with E-state index in [0.717, 1.165) is 25.5 Å². The van der Waals surface area contributed by atoms with Crippen molar-refractivity contribution >= 4 is 17.4 Å². The second kappa shape index (κ2) is 9.04. The lowest BCUT2D eigenvalue weighted by Gasteiger charge is -2.30. The van der Waals surface area contributed by atoms with E-state index in [-0.39, 0.29) is 0 Å². The zero-order valence-electron chi connectivity index (χ0n) is 12.2. The van der Waals surface area contributed by atoms with Crippen LogP contribution in [0.2, 0.25) is 0 Å². The Bertz CT molecular complexity index is 308. The van der Waals surface area contributed by atoms with Crippen LogP contribution in [-0.2, 0) is 0 Å². The highest BCUT2D eigenvalue weighted by molar-refractivity contribution is 6.30. The molecule has 0 radical (unpaired) electrons. The number of hydrogen-bond donors (Lipinski definition) is 2. The summed E-state index contributed by atoms with van der Waals surface area (Å²) in [5.74, 6) is 0.923. The van der Waals surface area contributed by atoms with Crippen molar-refractivity contribution in [2.24, 2.45) is 5.10 Å². The molecule has 0 unspecified atom stereocenters. The lowest BCUT2D eigenvalue weighted by atomic mass is 10.2. The van der Waals surface area contributed by atoms with Crippen LogP contribution in [0.3, 0.4) is 0 Å². The van der Waals surface area contributed by atoms with E-state index >= 15 is 0 Å². The monoisotopic (exact) mass is 287 g/mol. The minimum Gasteiger partial charge on any atom is -0.355 e. The number of nitrogens with zero attached hydrogens (tertiary/aromatic N) is 3. The highest BCUT2D eigenvalue weighted by Crippen LogP contribution is 2.10. The average molecular weight is 288 g/mol. The van der Waals surface area contributed by atoms with Crippen molar-refractivity contribution in [1.29, 1.82) is 0 Å². The van der Waals surface area contributed by atoms with Gasteiger partial charge in [-0.05, 0) is 12.8 Å². The molecule has 0 bridgehead atoms. The molecule has 2 N–H and O–H groups in total. The van der Waals surface area contributed by atoms with E-state index < -0.39 is 0 Å². The molecule has 0 aromatic rings. The first kappa shape index (κ1) is 16.1. The van der Waals surface area contributed by atoms with Crippen LogP contribution in [0.15, 0.2) is 16.3 Å². The predicted molar refractivity (Wildman–Crippen MR) is 81.4 cm³/mol. The number of hydrogen-bond acceptors (Lipinski definition) is 5. The molecule has 1 heterocycles. The normalized spacial score (nSPS) is 14.8. The predicted octanol–water partition coefficient (Wildman–Crippen LogP) is 2.63. The number of hydrazone groups is 1. The van der Waals surface area contributed by atoms with Crippen LogP contribution in [0.1, 0.15) is 46.5 Å². The van der Waals surface area contributed by atoms with E-state index in [1.165, 1.54) is 25.7 Å². The molecule has 0 aliphatic carbocycles. The summed E-state index contributed by atoms with van der Waals surface area (Å²) in [6.07, 6.45) is 6.59. The van der Waals surface area contributed by atoms with Gasteiger partial charge in [-0.15, -0.1) is 10.3 Å². The maximum atomic E-state index is 6.11. The lowest BCUT2D eigenvalue weighted by Crippen LogP contribution is -2.48. The Morgan fingerprint density at radius 3 is 2.42 bits per heavy atom. The Hall–Kier alpha value is -0.940. The summed E-state index contributed by atoms with van der Waals surface area (Å²) in [6.45, 7) is 9.27. The number of unbranched alkanes of at least 4 members (excludes halogenated alkanes) is 2. The highest BCUT2D eigenvalue weighted by atomic mass is 35.5. The third-order valence-corrected chi connectivity index (χ3v) is 3.06. The van der Waals surface area contributed by atoms with Gasteiger partial charge in [0, 0.05) is 25.7 Å². The second-order valence-corrected chi connectivity index (χ2v) is 4.99. The minimum absolute atomic E-state index is 0.587. The van der Waals surface area contributed by atoms with Gasteiger partial charge in [-0.2, -0.15) is 5.43 Å². The van der Waals surface area contributed by atoms with Crippen molar-refractivity contribution in [2.75, 3.05) is 19.6 Å². The Morgan fingerprint density at radius 2 is 1.89 bits per heavy atom. The molecule has 0 spiro atoms. The molecular weight excluding hydrogens is 262 g/mol. The third-order valence-electron chi connectivity index (χ3n) is 2.87. The van der Waals surface area contributed by atoms with Gasteiger partial charge in [-0.3, -0.25) is 5.43 Å². The van der Waals surface area contributed by atoms with Gasteiger partial charge in [0.1, 0.15) is 5.16 Å². The molecule has 6 heteroatoms. The Labute approximate surface area is 121 Å². The summed E-state index contributed by atoms with van der Waals surface area (Å²) < 4.78 is 0. The van der Waals surface area contributed by atoms with Gasteiger partial charge in [0.05, 0.1) is 0 Å². The summed E-state index contributed by atoms with van der Waals surface area (Å²) in [5.41, 5.74) is 6.04. The van der Waals surface area contributed by atoms with Crippen LogP contribution >= 0.6 is 11.6 Å². The maximum absolute atomic E-state index is 6.11. The molecule has 1 aliphatic heterocycles. The summed E-state index contributed by atoms with van der Waals surface area (Å²) in [5, 5.41) is 6.69. The molecule has 19 heavy (non-hydrogen) atoms. The average Bonchev–Trinajstić information content (AvgIpc) is 2.38. The Balaban J connectivity index is 2.72. The third kappa shape index (κ3) is 5.70. The zero-order valence-corrected chi connectivity index (χ0v) is 13.0. The van der Waals surface area contributed by atoms with Gasteiger partial charge in [-0.1, -0.05) is 45.2 Å². The molecule has 0 atom stereocenters. The number of amidine groups is 1. The maximum Gasteiger partial charge on any atom is 0.155 e.